The van der Waals surface area contributed by atoms with Gasteiger partial charge in [0.15, 0.2) is 0 Å². The molecule has 0 amide bonds. The second kappa shape index (κ2) is 30.2. The van der Waals surface area contributed by atoms with Crippen molar-refractivity contribution < 1.29 is 79.1 Å². The van der Waals surface area contributed by atoms with Crippen LogP contribution in [-0.2, 0) is 53.5 Å². The van der Waals surface area contributed by atoms with Crippen LogP contribution in [0, 0.1) is 0 Å². The van der Waals surface area contributed by atoms with E-state index in [9.17, 15) is 10.2 Å². The normalized spacial score (nSPS) is 8.37. The molecule has 3 N–H and O–H groups in total. The molecule has 0 aliphatic heterocycles. The van der Waals surface area contributed by atoms with Crippen LogP contribution in [0.25, 0.3) is 21.1 Å². The van der Waals surface area contributed by atoms with E-state index in [0.717, 1.165) is 32.7 Å². The predicted molar refractivity (Wildman–Crippen MR) is 171 cm³/mol. The molecule has 2 radical (unpaired) electrons. The first-order chi connectivity index (χ1) is 21.7. The molecule has 18 heteroatoms. The first-order valence-corrected chi connectivity index (χ1v) is 14.4. The third kappa shape index (κ3) is 16.9. The van der Waals surface area contributed by atoms with Gasteiger partial charge in [-0.25, -0.2) is 0 Å². The zero-order valence-electron chi connectivity index (χ0n) is 26.2. The van der Waals surface area contributed by atoms with E-state index in [0.29, 0.717) is 31.4 Å². The maximum absolute atomic E-state index is 11.7. The fourth-order valence-electron chi connectivity index (χ4n) is 3.34. The van der Waals surface area contributed by atoms with Gasteiger partial charge in [-0.1, -0.05) is 119 Å². The van der Waals surface area contributed by atoms with Crippen LogP contribution in [-0.4, -0.2) is 46.8 Å². The number of aliphatic hydroxyl groups is 1. The topological polar surface area (TPSA) is 274 Å². The molecule has 0 spiro atoms. The molecule has 4 aromatic carbocycles. The minimum atomic E-state index is -0.0371. The van der Waals surface area contributed by atoms with Crippen molar-refractivity contribution in [3.05, 3.63) is 109 Å². The van der Waals surface area contributed by atoms with Crippen molar-refractivity contribution in [3.8, 4) is 32.6 Å². The summed E-state index contributed by atoms with van der Waals surface area (Å²) < 4.78 is 0. The Balaban J connectivity index is -0.000000329. The summed E-state index contributed by atoms with van der Waals surface area (Å²) in [5.41, 5.74) is 3.06. The molecule has 49 heavy (non-hydrogen) atoms. The Morgan fingerprint density at radius 1 is 0.469 bits per heavy atom. The Hall–Kier alpha value is -3.87. The molecule has 264 valence electrons. The van der Waals surface area contributed by atoms with Crippen LogP contribution in [0.15, 0.2) is 109 Å². The zero-order valence-corrected chi connectivity index (χ0v) is 30.6. The quantitative estimate of drug-likeness (QED) is 0.221. The molecule has 0 bridgehead atoms. The Morgan fingerprint density at radius 3 is 1.06 bits per heavy atom. The molecule has 6 rings (SSSR count). The van der Waals surface area contributed by atoms with Gasteiger partial charge >= 0.3 is 0 Å². The van der Waals surface area contributed by atoms with E-state index in [4.69, 9.17) is 15.3 Å². The number of hydrogen-bond donors (Lipinski definition) is 3. The van der Waals surface area contributed by atoms with Crippen molar-refractivity contribution in [1.82, 2.24) is 20.4 Å². The first kappa shape index (κ1) is 52.0. The van der Waals surface area contributed by atoms with Crippen LogP contribution in [0.3, 0.4) is 0 Å². The number of aromatic nitrogens is 4. The minimum absolute atomic E-state index is 0. The summed E-state index contributed by atoms with van der Waals surface area (Å²) >= 11 is 2.72. The maximum atomic E-state index is 11.7. The van der Waals surface area contributed by atoms with Gasteiger partial charge in [0.25, 0.3) is 0 Å². The summed E-state index contributed by atoms with van der Waals surface area (Å²) in [5.74, 6) is -0.0742. The molecule has 6 aromatic rings. The zero-order chi connectivity index (χ0) is 32.2. The Bertz CT molecular complexity index is 1520. The molecular weight excluding hydrogens is 750 g/mol. The summed E-state index contributed by atoms with van der Waals surface area (Å²) in [6.45, 7) is 0. The fourth-order valence-corrected chi connectivity index (χ4v) is 4.93. The average Bonchev–Trinajstić information content (AvgIpc) is 3.75. The van der Waals surface area contributed by atoms with Crippen molar-refractivity contribution in [2.75, 3.05) is 32.0 Å². The standard InChI is InChI=1S/2C14H11N3OS.CH4O.2CH3O.3O.2V/c2*18-12-9-5-4-8-11(12)13-16-17-14(19-13)15-10-6-2-1-3-7-10;3*1-2;;;;;/h2*1-9,18H,(H,15,17);2H,1H3;2*1H3;;;;;/q;;;2*-1;3*-2;;/p-2. The molecule has 14 nitrogen and oxygen atoms in total. The molecular formula is C31H30N6O8S2V2-10. The number of anilines is 4. The third-order valence-corrected chi connectivity index (χ3v) is 6.88. The maximum Gasteiger partial charge on any atom is 0.210 e. The molecule has 0 atom stereocenters. The van der Waals surface area contributed by atoms with Crippen LogP contribution in [0.2, 0.25) is 0 Å². The van der Waals surface area contributed by atoms with Crippen LogP contribution in [0.5, 0.6) is 11.5 Å². The summed E-state index contributed by atoms with van der Waals surface area (Å²) in [5, 5.41) is 72.0. The molecule has 0 fully saturated rings. The fraction of sp³-hybridized carbons (Fsp3) is 0.0968. The monoisotopic (exact) mass is 780 g/mol. The van der Waals surface area contributed by atoms with E-state index >= 15 is 0 Å². The van der Waals surface area contributed by atoms with E-state index in [-0.39, 0.29) is 65.0 Å². The molecule has 0 saturated heterocycles. The second-order valence-electron chi connectivity index (χ2n) is 7.80. The Labute approximate surface area is 315 Å². The van der Waals surface area contributed by atoms with Gasteiger partial charge in [0.05, 0.1) is 0 Å². The van der Waals surface area contributed by atoms with Gasteiger partial charge in [-0.15, -0.1) is 20.4 Å². The van der Waals surface area contributed by atoms with E-state index < -0.39 is 0 Å². The molecule has 0 aliphatic carbocycles. The molecule has 0 aliphatic rings. The summed E-state index contributed by atoms with van der Waals surface area (Å²) in [7, 11) is 2.50. The number of aliphatic hydroxyl groups excluding tert-OH is 1. The number of hydrogen-bond acceptors (Lipinski definition) is 13. The Morgan fingerprint density at radius 2 is 0.755 bits per heavy atom. The molecule has 0 saturated carbocycles. The van der Waals surface area contributed by atoms with Crippen LogP contribution in [0.1, 0.15) is 0 Å². The number of nitrogens with one attached hydrogen (secondary N) is 2. The average molecular weight is 781 g/mol. The third-order valence-electron chi connectivity index (χ3n) is 5.14. The van der Waals surface area contributed by atoms with Gasteiger partial charge < -0.3 is 52.6 Å². The smallest absolute Gasteiger partial charge is 0.210 e. The SMILES string of the molecule is CO.C[O-].C[O-].[O-2].[O-2].[O-2].[O-]c1ccccc1-c1nnc(Nc2ccccc2)s1.[O-]c1ccccc1-c1nnc(Nc2ccccc2)s1.[V].[V]. The van der Waals surface area contributed by atoms with E-state index in [1.54, 1.807) is 24.3 Å². The summed E-state index contributed by atoms with van der Waals surface area (Å²) in [6, 6.07) is 33.1. The van der Waals surface area contributed by atoms with Gasteiger partial charge in [0, 0.05) is 66.7 Å². The summed E-state index contributed by atoms with van der Waals surface area (Å²) in [6.07, 6.45) is 0. The van der Waals surface area contributed by atoms with Gasteiger partial charge in [0.1, 0.15) is 10.0 Å². The van der Waals surface area contributed by atoms with Crippen LogP contribution in [0.4, 0.5) is 21.6 Å². The molecule has 2 heterocycles. The summed E-state index contributed by atoms with van der Waals surface area (Å²) in [4.78, 5) is 0. The first-order valence-electron chi connectivity index (χ1n) is 12.8. The van der Waals surface area contributed by atoms with E-state index in [1.165, 1.54) is 34.8 Å². The number of para-hydroxylation sites is 4. The van der Waals surface area contributed by atoms with Crippen molar-refractivity contribution in [2.24, 2.45) is 0 Å². The number of rotatable bonds is 6. The van der Waals surface area contributed by atoms with Crippen molar-refractivity contribution >= 4 is 44.3 Å². The van der Waals surface area contributed by atoms with Crippen LogP contribution >= 0.6 is 22.7 Å². The van der Waals surface area contributed by atoms with E-state index in [1.807, 2.05) is 72.8 Å². The van der Waals surface area contributed by atoms with Crippen molar-refractivity contribution in [2.45, 2.75) is 0 Å². The van der Waals surface area contributed by atoms with Gasteiger partial charge in [-0.3, -0.25) is 0 Å². The molecule has 2 aromatic heterocycles. The number of benzene rings is 4. The van der Waals surface area contributed by atoms with Crippen molar-refractivity contribution in [3.63, 3.8) is 0 Å². The van der Waals surface area contributed by atoms with Crippen LogP contribution < -0.4 is 31.1 Å². The minimum Gasteiger partial charge on any atom is -2.00 e. The van der Waals surface area contributed by atoms with Gasteiger partial charge in [0.2, 0.25) is 10.3 Å². The van der Waals surface area contributed by atoms with E-state index in [2.05, 4.69) is 31.0 Å². The predicted octanol–water partition coefficient (Wildman–Crippen LogP) is 3.24. The number of nitrogens with zero attached hydrogens (tertiary/aromatic N) is 4. The van der Waals surface area contributed by atoms with Gasteiger partial charge in [-0.05, 0) is 24.3 Å². The molecule has 0 unspecified atom stereocenters. The Kier molecular flexibility index (Phi) is 32.0. The second-order valence-corrected chi connectivity index (χ2v) is 9.75. The largest absolute Gasteiger partial charge is 2.00 e. The van der Waals surface area contributed by atoms with Gasteiger partial charge in [-0.2, -0.15) is 14.2 Å². The van der Waals surface area contributed by atoms with Crippen molar-refractivity contribution in [1.29, 1.82) is 0 Å².